The first kappa shape index (κ1) is 10.9. The molecule has 0 spiro atoms. The van der Waals surface area contributed by atoms with Gasteiger partial charge in [0, 0.05) is 30.7 Å². The Morgan fingerprint density at radius 3 is 2.89 bits per heavy atom. The number of Topliss-reactive ketones (excluding diaryl/α,β-unsaturated/α-hetero) is 1. The molecular weight excluding hydrogens is 228 g/mol. The molecule has 0 bridgehead atoms. The Balaban J connectivity index is 2.09. The van der Waals surface area contributed by atoms with Crippen molar-refractivity contribution in [3.05, 3.63) is 36.7 Å². The number of carbonyl (C=O) groups excluding carboxylic acids is 2. The molecule has 3 rings (SSSR count). The van der Waals surface area contributed by atoms with E-state index in [1.165, 1.54) is 0 Å². The van der Waals surface area contributed by atoms with Crippen LogP contribution in [0.2, 0.25) is 0 Å². The number of rotatable bonds is 1. The van der Waals surface area contributed by atoms with Gasteiger partial charge in [0.2, 0.25) is 5.91 Å². The Hall–Kier alpha value is -2.23. The molecule has 2 heterocycles. The van der Waals surface area contributed by atoms with E-state index in [-0.39, 0.29) is 18.1 Å². The second kappa shape index (κ2) is 4.22. The smallest absolute Gasteiger partial charge is 0.234 e. The average Bonchev–Trinajstić information content (AvgIpc) is 2.38. The minimum Gasteiger partial charge on any atom is -0.311 e. The molecule has 4 heteroatoms. The Bertz CT molecular complexity index is 631. The first-order valence-electron chi connectivity index (χ1n) is 5.90. The van der Waals surface area contributed by atoms with Crippen molar-refractivity contribution in [3.8, 4) is 0 Å². The highest BCUT2D eigenvalue weighted by atomic mass is 16.2. The number of aromatic nitrogens is 1. The Morgan fingerprint density at radius 1 is 1.17 bits per heavy atom. The first-order chi connectivity index (χ1) is 8.75. The largest absolute Gasteiger partial charge is 0.311 e. The lowest BCUT2D eigenvalue weighted by Crippen LogP contribution is -2.39. The third-order valence-corrected chi connectivity index (χ3v) is 3.22. The van der Waals surface area contributed by atoms with Crippen LogP contribution in [0.1, 0.15) is 12.8 Å². The third-order valence-electron chi connectivity index (χ3n) is 3.22. The van der Waals surface area contributed by atoms with E-state index in [4.69, 9.17) is 0 Å². The summed E-state index contributed by atoms with van der Waals surface area (Å²) in [5, 5.41) is 2.00. The van der Waals surface area contributed by atoms with Crippen LogP contribution in [0.15, 0.2) is 36.7 Å². The van der Waals surface area contributed by atoms with Crippen molar-refractivity contribution in [3.63, 3.8) is 0 Å². The van der Waals surface area contributed by atoms with Gasteiger partial charge in [0.1, 0.15) is 5.78 Å². The number of benzene rings is 1. The Labute approximate surface area is 104 Å². The fourth-order valence-electron chi connectivity index (χ4n) is 2.30. The number of nitrogens with zero attached hydrogens (tertiary/aromatic N) is 2. The average molecular weight is 240 g/mol. The highest BCUT2D eigenvalue weighted by Gasteiger charge is 2.25. The lowest BCUT2D eigenvalue weighted by atomic mass is 10.1. The number of carbonyl (C=O) groups is 2. The van der Waals surface area contributed by atoms with E-state index in [2.05, 4.69) is 4.98 Å². The molecule has 0 atom stereocenters. The monoisotopic (exact) mass is 240 g/mol. The predicted octanol–water partition coefficient (Wildman–Crippen LogP) is 1.93. The van der Waals surface area contributed by atoms with Crippen molar-refractivity contribution in [2.45, 2.75) is 12.8 Å². The maximum absolute atomic E-state index is 11.9. The molecule has 4 nitrogen and oxygen atoms in total. The van der Waals surface area contributed by atoms with Gasteiger partial charge >= 0.3 is 0 Å². The fourth-order valence-corrected chi connectivity index (χ4v) is 2.30. The van der Waals surface area contributed by atoms with Crippen LogP contribution in [0.4, 0.5) is 5.69 Å². The molecule has 0 unspecified atom stereocenters. The second-order valence-corrected chi connectivity index (χ2v) is 4.38. The molecule has 18 heavy (non-hydrogen) atoms. The zero-order chi connectivity index (χ0) is 12.5. The normalized spacial score (nSPS) is 16.3. The topological polar surface area (TPSA) is 50.3 Å². The van der Waals surface area contributed by atoms with Crippen molar-refractivity contribution >= 4 is 28.2 Å². The number of anilines is 1. The number of fused-ring (bicyclic) bond motifs is 1. The van der Waals surface area contributed by atoms with Crippen molar-refractivity contribution in [1.29, 1.82) is 0 Å². The zero-order valence-electron chi connectivity index (χ0n) is 9.80. The number of piperidine rings is 1. The summed E-state index contributed by atoms with van der Waals surface area (Å²) in [7, 11) is 0. The molecule has 0 aliphatic carbocycles. The second-order valence-electron chi connectivity index (χ2n) is 4.38. The van der Waals surface area contributed by atoms with Gasteiger partial charge in [-0.3, -0.25) is 14.6 Å². The number of hydrogen-bond acceptors (Lipinski definition) is 3. The SMILES string of the molecule is O=C1CCN(c2cccc3ccncc23)C(=O)C1. The van der Waals surface area contributed by atoms with E-state index >= 15 is 0 Å². The number of amides is 1. The summed E-state index contributed by atoms with van der Waals surface area (Å²) in [6, 6.07) is 7.72. The zero-order valence-corrected chi connectivity index (χ0v) is 9.80. The van der Waals surface area contributed by atoms with Crippen molar-refractivity contribution < 1.29 is 9.59 Å². The van der Waals surface area contributed by atoms with Crippen molar-refractivity contribution in [2.75, 3.05) is 11.4 Å². The van der Waals surface area contributed by atoms with Gasteiger partial charge in [0.05, 0.1) is 12.1 Å². The van der Waals surface area contributed by atoms with Gasteiger partial charge in [-0.15, -0.1) is 0 Å². The van der Waals surface area contributed by atoms with Crippen molar-refractivity contribution in [2.24, 2.45) is 0 Å². The van der Waals surface area contributed by atoms with E-state index in [9.17, 15) is 9.59 Å². The van der Waals surface area contributed by atoms with Gasteiger partial charge in [0.25, 0.3) is 0 Å². The first-order valence-corrected chi connectivity index (χ1v) is 5.90. The van der Waals surface area contributed by atoms with Crippen LogP contribution in [-0.2, 0) is 9.59 Å². The molecule has 1 aromatic heterocycles. The van der Waals surface area contributed by atoms with Crippen LogP contribution in [0.25, 0.3) is 10.8 Å². The molecule has 0 N–H and O–H groups in total. The molecule has 1 aromatic carbocycles. The molecule has 1 aliphatic heterocycles. The molecule has 1 amide bonds. The summed E-state index contributed by atoms with van der Waals surface area (Å²) >= 11 is 0. The maximum atomic E-state index is 11.9. The number of hydrogen-bond donors (Lipinski definition) is 0. The van der Waals surface area contributed by atoms with Crippen LogP contribution < -0.4 is 4.90 Å². The van der Waals surface area contributed by atoms with Gasteiger partial charge in [-0.25, -0.2) is 0 Å². The highest BCUT2D eigenvalue weighted by molar-refractivity contribution is 6.11. The molecule has 2 aromatic rings. The lowest BCUT2D eigenvalue weighted by Gasteiger charge is -2.27. The summed E-state index contributed by atoms with van der Waals surface area (Å²) in [4.78, 5) is 29.0. The minimum absolute atomic E-state index is 0.0106. The molecule has 1 aliphatic rings. The van der Waals surface area contributed by atoms with Gasteiger partial charge in [-0.2, -0.15) is 0 Å². The molecule has 0 saturated carbocycles. The standard InChI is InChI=1S/C14H12N2O2/c17-11-5-7-16(14(18)8-11)13-3-1-2-10-4-6-15-9-12(10)13/h1-4,6,9H,5,7-8H2. The fraction of sp³-hybridized carbons (Fsp3) is 0.214. The molecule has 90 valence electrons. The lowest BCUT2D eigenvalue weighted by molar-refractivity contribution is -0.128. The van der Waals surface area contributed by atoms with Crippen LogP contribution in [0, 0.1) is 0 Å². The molecule has 0 radical (unpaired) electrons. The summed E-state index contributed by atoms with van der Waals surface area (Å²) < 4.78 is 0. The van der Waals surface area contributed by atoms with Gasteiger partial charge in [-0.05, 0) is 17.5 Å². The third kappa shape index (κ3) is 1.76. The Kier molecular flexibility index (Phi) is 2.55. The predicted molar refractivity (Wildman–Crippen MR) is 68.3 cm³/mol. The summed E-state index contributed by atoms with van der Waals surface area (Å²) in [6.07, 6.45) is 3.93. The van der Waals surface area contributed by atoms with Crippen molar-refractivity contribution in [1.82, 2.24) is 4.98 Å². The Morgan fingerprint density at radius 2 is 2.06 bits per heavy atom. The minimum atomic E-state index is -0.123. The van der Waals surface area contributed by atoms with E-state index < -0.39 is 0 Å². The van der Waals surface area contributed by atoms with Crippen LogP contribution in [0.3, 0.4) is 0 Å². The quantitative estimate of drug-likeness (QED) is 0.716. The van der Waals surface area contributed by atoms with Crippen LogP contribution in [0.5, 0.6) is 0 Å². The van der Waals surface area contributed by atoms with Gasteiger partial charge in [0.15, 0.2) is 0 Å². The van der Waals surface area contributed by atoms with Gasteiger partial charge in [-0.1, -0.05) is 12.1 Å². The molecule has 1 saturated heterocycles. The molecular formula is C14H12N2O2. The van der Waals surface area contributed by atoms with E-state index in [0.717, 1.165) is 16.5 Å². The maximum Gasteiger partial charge on any atom is 0.234 e. The highest BCUT2D eigenvalue weighted by Crippen LogP contribution is 2.28. The van der Waals surface area contributed by atoms with Crippen LogP contribution >= 0.6 is 0 Å². The summed E-state index contributed by atoms with van der Waals surface area (Å²) in [5.74, 6) is -0.0998. The van der Waals surface area contributed by atoms with E-state index in [1.807, 2.05) is 24.3 Å². The number of ketones is 1. The summed E-state index contributed by atoms with van der Waals surface area (Å²) in [6.45, 7) is 0.464. The number of pyridine rings is 1. The van der Waals surface area contributed by atoms with E-state index in [1.54, 1.807) is 17.3 Å². The molecule has 1 fully saturated rings. The van der Waals surface area contributed by atoms with Crippen LogP contribution in [-0.4, -0.2) is 23.2 Å². The van der Waals surface area contributed by atoms with Gasteiger partial charge < -0.3 is 4.90 Å². The summed E-state index contributed by atoms with van der Waals surface area (Å²) in [5.41, 5.74) is 0.845. The van der Waals surface area contributed by atoms with E-state index in [0.29, 0.717) is 13.0 Å².